The van der Waals surface area contributed by atoms with E-state index in [2.05, 4.69) is 29.6 Å². The summed E-state index contributed by atoms with van der Waals surface area (Å²) in [6.45, 7) is 0.943. The second-order valence-electron chi connectivity index (χ2n) is 4.05. The van der Waals surface area contributed by atoms with Crippen LogP contribution in [0.3, 0.4) is 0 Å². The monoisotopic (exact) mass is 191 g/mol. The van der Waals surface area contributed by atoms with Gasteiger partial charge < -0.3 is 5.11 Å². The third-order valence-corrected chi connectivity index (χ3v) is 2.86. The van der Waals surface area contributed by atoms with E-state index < -0.39 is 0 Å². The van der Waals surface area contributed by atoms with Crippen LogP contribution in [0.15, 0.2) is 30.3 Å². The van der Waals surface area contributed by atoms with Crippen LogP contribution in [0.1, 0.15) is 18.4 Å². The summed E-state index contributed by atoms with van der Waals surface area (Å²) < 4.78 is 0. The predicted octanol–water partition coefficient (Wildman–Crippen LogP) is 1.55. The highest BCUT2D eigenvalue weighted by atomic mass is 16.3. The molecule has 2 N–H and O–H groups in total. The Hall–Kier alpha value is -0.860. The smallest absolute Gasteiger partial charge is 0.105 e. The van der Waals surface area contributed by atoms with Gasteiger partial charge in [-0.2, -0.15) is 0 Å². The molecule has 0 amide bonds. The Bertz CT molecular complexity index is 273. The lowest BCUT2D eigenvalue weighted by molar-refractivity contribution is 0.0811. The van der Waals surface area contributed by atoms with Crippen molar-refractivity contribution in [3.05, 3.63) is 35.9 Å². The van der Waals surface area contributed by atoms with E-state index in [-0.39, 0.29) is 6.23 Å². The van der Waals surface area contributed by atoms with Crippen LogP contribution in [0.2, 0.25) is 0 Å². The summed E-state index contributed by atoms with van der Waals surface area (Å²) in [6, 6.07) is 10.5. The molecule has 2 unspecified atom stereocenters. The van der Waals surface area contributed by atoms with Crippen LogP contribution in [0.25, 0.3) is 0 Å². The molecule has 1 saturated heterocycles. The number of nitrogens with one attached hydrogen (secondary N) is 1. The van der Waals surface area contributed by atoms with E-state index in [1.165, 1.54) is 12.0 Å². The molecule has 0 bridgehead atoms. The van der Waals surface area contributed by atoms with E-state index in [1.54, 1.807) is 0 Å². The highest BCUT2D eigenvalue weighted by Gasteiger charge is 2.19. The van der Waals surface area contributed by atoms with Crippen LogP contribution in [0, 0.1) is 5.92 Å². The van der Waals surface area contributed by atoms with Crippen LogP contribution in [0.4, 0.5) is 0 Å². The molecule has 2 rings (SSSR count). The molecule has 0 aromatic heterocycles. The van der Waals surface area contributed by atoms with Crippen molar-refractivity contribution in [2.24, 2.45) is 5.92 Å². The van der Waals surface area contributed by atoms with Gasteiger partial charge in [0.1, 0.15) is 6.23 Å². The maximum atomic E-state index is 9.45. The zero-order valence-electron chi connectivity index (χ0n) is 8.32. The summed E-state index contributed by atoms with van der Waals surface area (Å²) in [7, 11) is 0. The van der Waals surface area contributed by atoms with Gasteiger partial charge in [0.2, 0.25) is 0 Å². The molecule has 76 valence electrons. The Labute approximate surface area is 85.0 Å². The molecular weight excluding hydrogens is 174 g/mol. The minimum Gasteiger partial charge on any atom is -0.379 e. The maximum absolute atomic E-state index is 9.45. The molecule has 0 aliphatic carbocycles. The van der Waals surface area contributed by atoms with Gasteiger partial charge in [0, 0.05) is 0 Å². The molecule has 0 spiro atoms. The fourth-order valence-corrected chi connectivity index (χ4v) is 2.10. The van der Waals surface area contributed by atoms with Crippen molar-refractivity contribution in [1.29, 1.82) is 0 Å². The topological polar surface area (TPSA) is 32.3 Å². The van der Waals surface area contributed by atoms with E-state index in [4.69, 9.17) is 0 Å². The highest BCUT2D eigenvalue weighted by Crippen LogP contribution is 2.19. The molecule has 1 fully saturated rings. The van der Waals surface area contributed by atoms with Crippen molar-refractivity contribution < 1.29 is 5.11 Å². The minimum absolute atomic E-state index is 0.294. The Balaban J connectivity index is 1.91. The summed E-state index contributed by atoms with van der Waals surface area (Å²) >= 11 is 0. The molecule has 1 heterocycles. The second-order valence-corrected chi connectivity index (χ2v) is 4.05. The highest BCUT2D eigenvalue weighted by molar-refractivity contribution is 5.15. The number of aliphatic hydroxyl groups is 1. The Morgan fingerprint density at radius 3 is 2.79 bits per heavy atom. The lowest BCUT2D eigenvalue weighted by Gasteiger charge is -2.26. The van der Waals surface area contributed by atoms with Gasteiger partial charge in [-0.05, 0) is 37.3 Å². The van der Waals surface area contributed by atoms with E-state index in [0.29, 0.717) is 5.92 Å². The normalized spacial score (nSPS) is 27.5. The molecule has 1 aromatic rings. The predicted molar refractivity (Wildman–Crippen MR) is 56.9 cm³/mol. The Morgan fingerprint density at radius 1 is 1.29 bits per heavy atom. The molecular formula is C12H17NO. The van der Waals surface area contributed by atoms with Crippen LogP contribution >= 0.6 is 0 Å². The second kappa shape index (κ2) is 4.58. The first-order valence-electron chi connectivity index (χ1n) is 5.30. The molecule has 1 aromatic carbocycles. The first-order chi connectivity index (χ1) is 6.84. The molecule has 0 radical (unpaired) electrons. The van der Waals surface area contributed by atoms with Crippen molar-refractivity contribution >= 4 is 0 Å². The first kappa shape index (κ1) is 9.69. The zero-order valence-corrected chi connectivity index (χ0v) is 8.32. The largest absolute Gasteiger partial charge is 0.379 e. The lowest BCUT2D eigenvalue weighted by Crippen LogP contribution is -2.38. The van der Waals surface area contributed by atoms with Gasteiger partial charge in [-0.1, -0.05) is 30.3 Å². The average molecular weight is 191 g/mol. The van der Waals surface area contributed by atoms with E-state index in [9.17, 15) is 5.11 Å². The molecule has 14 heavy (non-hydrogen) atoms. The SMILES string of the molecule is OC1CC(Cc2ccccc2)CCN1. The average Bonchev–Trinajstić information content (AvgIpc) is 2.19. The van der Waals surface area contributed by atoms with Gasteiger partial charge in [0.05, 0.1) is 0 Å². The molecule has 1 aliphatic heterocycles. The van der Waals surface area contributed by atoms with Crippen LogP contribution in [-0.4, -0.2) is 17.9 Å². The Kier molecular flexibility index (Phi) is 3.17. The van der Waals surface area contributed by atoms with E-state index in [0.717, 1.165) is 19.4 Å². The maximum Gasteiger partial charge on any atom is 0.105 e. The molecule has 2 nitrogen and oxygen atoms in total. The van der Waals surface area contributed by atoms with Crippen molar-refractivity contribution in [3.63, 3.8) is 0 Å². The number of hydrogen-bond acceptors (Lipinski definition) is 2. The third kappa shape index (κ3) is 2.56. The lowest BCUT2D eigenvalue weighted by atomic mass is 9.90. The minimum atomic E-state index is -0.294. The number of piperidine rings is 1. The van der Waals surface area contributed by atoms with Crippen LogP contribution < -0.4 is 5.32 Å². The number of aliphatic hydroxyl groups excluding tert-OH is 1. The van der Waals surface area contributed by atoms with E-state index in [1.807, 2.05) is 6.07 Å². The fourth-order valence-electron chi connectivity index (χ4n) is 2.10. The third-order valence-electron chi connectivity index (χ3n) is 2.86. The quantitative estimate of drug-likeness (QED) is 0.743. The van der Waals surface area contributed by atoms with Crippen molar-refractivity contribution in [2.75, 3.05) is 6.54 Å². The van der Waals surface area contributed by atoms with E-state index >= 15 is 0 Å². The van der Waals surface area contributed by atoms with Gasteiger partial charge in [0.25, 0.3) is 0 Å². The molecule has 2 atom stereocenters. The summed E-state index contributed by atoms with van der Waals surface area (Å²) in [6.07, 6.45) is 2.86. The van der Waals surface area contributed by atoms with Crippen molar-refractivity contribution in [2.45, 2.75) is 25.5 Å². The van der Waals surface area contributed by atoms with Crippen molar-refractivity contribution in [3.8, 4) is 0 Å². The first-order valence-corrected chi connectivity index (χ1v) is 5.30. The number of benzene rings is 1. The summed E-state index contributed by atoms with van der Waals surface area (Å²) in [5.41, 5.74) is 1.38. The summed E-state index contributed by atoms with van der Waals surface area (Å²) in [4.78, 5) is 0. The van der Waals surface area contributed by atoms with Crippen LogP contribution in [0.5, 0.6) is 0 Å². The summed E-state index contributed by atoms with van der Waals surface area (Å²) in [5.74, 6) is 0.633. The van der Waals surface area contributed by atoms with Crippen LogP contribution in [-0.2, 0) is 6.42 Å². The molecule has 0 saturated carbocycles. The molecule has 2 heteroatoms. The van der Waals surface area contributed by atoms with Crippen molar-refractivity contribution in [1.82, 2.24) is 5.32 Å². The van der Waals surface area contributed by atoms with Gasteiger partial charge >= 0.3 is 0 Å². The fraction of sp³-hybridized carbons (Fsp3) is 0.500. The molecule has 1 aliphatic rings. The van der Waals surface area contributed by atoms with Gasteiger partial charge in [-0.15, -0.1) is 0 Å². The van der Waals surface area contributed by atoms with Gasteiger partial charge in [-0.3, -0.25) is 5.32 Å². The van der Waals surface area contributed by atoms with Gasteiger partial charge in [0.15, 0.2) is 0 Å². The zero-order chi connectivity index (χ0) is 9.80. The number of rotatable bonds is 2. The summed E-state index contributed by atoms with van der Waals surface area (Å²) in [5, 5.41) is 12.5. The van der Waals surface area contributed by atoms with Gasteiger partial charge in [-0.25, -0.2) is 0 Å². The Morgan fingerprint density at radius 2 is 2.07 bits per heavy atom. The standard InChI is InChI=1S/C12H17NO/c14-12-9-11(6-7-13-12)8-10-4-2-1-3-5-10/h1-5,11-14H,6-9H2. The number of hydrogen-bond donors (Lipinski definition) is 2.